The molecule has 0 fully saturated rings. The number of ether oxygens (including phenoxy) is 1. The van der Waals surface area contributed by atoms with E-state index in [1.54, 1.807) is 12.1 Å². The van der Waals surface area contributed by atoms with Crippen LogP contribution in [-0.2, 0) is 10.6 Å². The van der Waals surface area contributed by atoms with Gasteiger partial charge in [0.1, 0.15) is 5.69 Å². The van der Waals surface area contributed by atoms with Gasteiger partial charge in [0.2, 0.25) is 0 Å². The van der Waals surface area contributed by atoms with Crippen molar-refractivity contribution < 1.29 is 53.0 Å². The summed E-state index contributed by atoms with van der Waals surface area (Å²) in [5, 5.41) is 7.00. The van der Waals surface area contributed by atoms with Gasteiger partial charge in [-0.25, -0.2) is 9.97 Å². The average molecular weight is 553 g/mol. The molecule has 6 nitrogen and oxygen atoms in total. The van der Waals surface area contributed by atoms with Crippen LogP contribution in [0.2, 0.25) is 0 Å². The molecule has 2 rings (SSSR count). The van der Waals surface area contributed by atoms with Gasteiger partial charge in [-0.3, -0.25) is 4.74 Å². The number of nitrogens with zero attached hydrogens (tertiary/aromatic N) is 5. The van der Waals surface area contributed by atoms with E-state index in [2.05, 4.69) is 24.9 Å². The average Bonchev–Trinajstić information content (AvgIpc) is 2.77. The van der Waals surface area contributed by atoms with E-state index in [1.807, 2.05) is 18.7 Å². The fraction of sp³-hybridized carbons (Fsp3) is 0.500. The molecule has 1 aromatic heterocycles. The molecule has 0 aliphatic rings. The van der Waals surface area contributed by atoms with Gasteiger partial charge in [0.05, 0.1) is 5.69 Å². The molecule has 0 bridgehead atoms. The second-order valence-corrected chi connectivity index (χ2v) is 7.37. The van der Waals surface area contributed by atoms with Gasteiger partial charge in [0.15, 0.2) is 0 Å². The Morgan fingerprint density at radius 1 is 0.784 bits per heavy atom. The molecule has 1 unspecified atom stereocenters. The second-order valence-electron chi connectivity index (χ2n) is 7.37. The minimum absolute atomic E-state index is 0.0627. The first-order chi connectivity index (χ1) is 16.8. The van der Waals surface area contributed by atoms with Crippen molar-refractivity contribution >= 4 is 17.3 Å². The third-order valence-corrected chi connectivity index (χ3v) is 4.76. The maximum atomic E-state index is 14.9. The molecule has 0 saturated heterocycles. The van der Waals surface area contributed by atoms with Crippen LogP contribution < -0.4 is 4.90 Å². The van der Waals surface area contributed by atoms with Gasteiger partial charge in [0.25, 0.3) is 5.95 Å². The van der Waals surface area contributed by atoms with Gasteiger partial charge in [0, 0.05) is 24.5 Å². The Bertz CT molecular complexity index is 1100. The molecule has 2 aromatic rings. The van der Waals surface area contributed by atoms with E-state index < -0.39 is 47.6 Å². The predicted molar refractivity (Wildman–Crippen MR) is 107 cm³/mol. The Morgan fingerprint density at radius 2 is 1.32 bits per heavy atom. The van der Waals surface area contributed by atoms with Crippen LogP contribution in [0.15, 0.2) is 40.6 Å². The molecule has 0 spiro atoms. The normalized spacial score (nSPS) is 15.2. The first-order valence-electron chi connectivity index (χ1n) is 10.2. The lowest BCUT2D eigenvalue weighted by Gasteiger charge is -2.34. The lowest BCUT2D eigenvalue weighted by atomic mass is 10.1. The van der Waals surface area contributed by atoms with Gasteiger partial charge in [-0.15, -0.1) is 10.2 Å². The Labute approximate surface area is 202 Å². The highest BCUT2D eigenvalue weighted by molar-refractivity contribution is 5.52. The number of hydrogen-bond donors (Lipinski definition) is 0. The summed E-state index contributed by atoms with van der Waals surface area (Å²) in [4.78, 5) is 8.41. The molecule has 1 aromatic carbocycles. The van der Waals surface area contributed by atoms with Crippen LogP contribution in [0.3, 0.4) is 0 Å². The largest absolute Gasteiger partial charge is 0.462 e. The first kappa shape index (κ1) is 30.1. The number of anilines is 1. The predicted octanol–water partition coefficient (Wildman–Crippen LogP) is 7.54. The van der Waals surface area contributed by atoms with Crippen molar-refractivity contribution in [3.8, 4) is 0 Å². The SMILES string of the molecule is CCN(CC)c1ccc(N=Nc2nc(C)cc(C(F)(OC(F)(F)C(F)(F)C(F)(F)F)C(F)(F)F)n2)cc1. The van der Waals surface area contributed by atoms with Gasteiger partial charge < -0.3 is 4.90 Å². The highest BCUT2D eigenvalue weighted by Crippen LogP contribution is 2.53. The van der Waals surface area contributed by atoms with E-state index >= 15 is 0 Å². The van der Waals surface area contributed by atoms with Gasteiger partial charge in [-0.05, 0) is 51.1 Å². The van der Waals surface area contributed by atoms with Crippen LogP contribution in [0.4, 0.5) is 65.6 Å². The number of aryl methyl sites for hydroxylation is 1. The first-order valence-corrected chi connectivity index (χ1v) is 10.2. The summed E-state index contributed by atoms with van der Waals surface area (Å²) in [5.74, 6) is -14.2. The molecule has 206 valence electrons. The molecule has 0 saturated carbocycles. The monoisotopic (exact) mass is 553 g/mol. The van der Waals surface area contributed by atoms with E-state index in [0.717, 1.165) is 12.6 Å². The Balaban J connectivity index is 2.48. The van der Waals surface area contributed by atoms with Crippen LogP contribution in [0.1, 0.15) is 25.2 Å². The van der Waals surface area contributed by atoms with Gasteiger partial charge in [-0.1, -0.05) is 0 Å². The van der Waals surface area contributed by atoms with Crippen molar-refractivity contribution in [2.75, 3.05) is 18.0 Å². The van der Waals surface area contributed by atoms with Gasteiger partial charge >= 0.3 is 30.2 Å². The summed E-state index contributed by atoms with van der Waals surface area (Å²) in [6.07, 6.45) is -20.7. The quantitative estimate of drug-likeness (QED) is 0.238. The molecule has 37 heavy (non-hydrogen) atoms. The second kappa shape index (κ2) is 10.3. The van der Waals surface area contributed by atoms with Crippen molar-refractivity contribution in [1.82, 2.24) is 9.97 Å². The molecular formula is C20H18F11N5O. The minimum atomic E-state index is -7.19. The van der Waals surface area contributed by atoms with Crippen molar-refractivity contribution in [3.63, 3.8) is 0 Å². The van der Waals surface area contributed by atoms with Crippen molar-refractivity contribution in [2.24, 2.45) is 10.2 Å². The zero-order chi connectivity index (χ0) is 28.4. The summed E-state index contributed by atoms with van der Waals surface area (Å²) in [7, 11) is 0. The number of halogens is 11. The van der Waals surface area contributed by atoms with Crippen LogP contribution in [-0.4, -0.2) is 47.4 Å². The Hall–Kier alpha value is -3.11. The highest BCUT2D eigenvalue weighted by atomic mass is 19.4. The summed E-state index contributed by atoms with van der Waals surface area (Å²) in [6.45, 7) is 6.08. The molecule has 1 atom stereocenters. The van der Waals surface area contributed by atoms with Crippen LogP contribution in [0, 0.1) is 6.92 Å². The van der Waals surface area contributed by atoms with E-state index in [0.29, 0.717) is 13.1 Å². The molecule has 1 heterocycles. The third kappa shape index (κ3) is 6.24. The summed E-state index contributed by atoms with van der Waals surface area (Å²) >= 11 is 0. The Kier molecular flexibility index (Phi) is 8.41. The number of rotatable bonds is 9. The van der Waals surface area contributed by atoms with Crippen LogP contribution in [0.5, 0.6) is 0 Å². The molecule has 0 amide bonds. The third-order valence-electron chi connectivity index (χ3n) is 4.76. The Morgan fingerprint density at radius 3 is 1.78 bits per heavy atom. The van der Waals surface area contributed by atoms with Crippen LogP contribution >= 0.6 is 0 Å². The summed E-state index contributed by atoms with van der Waals surface area (Å²) < 4.78 is 148. The molecule has 0 aliphatic heterocycles. The fourth-order valence-corrected chi connectivity index (χ4v) is 2.84. The van der Waals surface area contributed by atoms with E-state index in [9.17, 15) is 48.3 Å². The topological polar surface area (TPSA) is 63.0 Å². The number of hydrogen-bond acceptors (Lipinski definition) is 6. The fourth-order valence-electron chi connectivity index (χ4n) is 2.84. The van der Waals surface area contributed by atoms with E-state index in [1.165, 1.54) is 12.1 Å². The minimum Gasteiger partial charge on any atom is -0.372 e. The van der Waals surface area contributed by atoms with Crippen molar-refractivity contribution in [2.45, 2.75) is 51.0 Å². The lowest BCUT2D eigenvalue weighted by molar-refractivity contribution is -0.488. The number of azo groups is 1. The molecule has 0 aliphatic carbocycles. The van der Waals surface area contributed by atoms with Crippen molar-refractivity contribution in [1.29, 1.82) is 0 Å². The number of benzene rings is 1. The lowest BCUT2D eigenvalue weighted by Crippen LogP contribution is -2.58. The number of aromatic nitrogens is 2. The van der Waals surface area contributed by atoms with E-state index in [-0.39, 0.29) is 11.8 Å². The molecular weight excluding hydrogens is 535 g/mol. The van der Waals surface area contributed by atoms with E-state index in [4.69, 9.17) is 0 Å². The number of alkyl halides is 11. The standard InChI is InChI=1S/C20H18F11N5O/c1-4-36(5-2)13-8-6-12(7-9-13)34-35-15-32-11(3)10-14(33-15)16(21,18(24,25)26)37-20(30,31)17(22,23)19(27,28)29/h6-10H,4-5H2,1-3H3. The summed E-state index contributed by atoms with van der Waals surface area (Å²) in [5.41, 5.74) is -1.82. The molecule has 17 heteroatoms. The maximum absolute atomic E-state index is 14.9. The maximum Gasteiger partial charge on any atom is 0.462 e. The molecule has 0 radical (unpaired) electrons. The highest BCUT2D eigenvalue weighted by Gasteiger charge is 2.78. The molecule has 0 N–H and O–H groups in total. The van der Waals surface area contributed by atoms with Gasteiger partial charge in [-0.2, -0.15) is 48.3 Å². The van der Waals surface area contributed by atoms with Crippen molar-refractivity contribution in [3.05, 3.63) is 41.7 Å². The zero-order valence-corrected chi connectivity index (χ0v) is 19.1. The van der Waals surface area contributed by atoms with Crippen LogP contribution in [0.25, 0.3) is 0 Å². The zero-order valence-electron chi connectivity index (χ0n) is 19.1. The smallest absolute Gasteiger partial charge is 0.372 e. The summed E-state index contributed by atoms with van der Waals surface area (Å²) in [6, 6.07) is 6.18.